The summed E-state index contributed by atoms with van der Waals surface area (Å²) in [5.74, 6) is 1.33. The van der Waals surface area contributed by atoms with Gasteiger partial charge in [-0.05, 0) is 30.3 Å². The summed E-state index contributed by atoms with van der Waals surface area (Å²) in [5, 5.41) is 12.3. The van der Waals surface area contributed by atoms with E-state index in [4.69, 9.17) is 14.0 Å². The number of halogens is 3. The van der Waals surface area contributed by atoms with E-state index in [0.717, 1.165) is 6.07 Å². The molecule has 0 saturated heterocycles. The third-order valence-electron chi connectivity index (χ3n) is 4.69. The molecular formula is C23H18F3N5O3. The van der Waals surface area contributed by atoms with Gasteiger partial charge in [0.05, 0.1) is 12.5 Å². The molecule has 0 saturated carbocycles. The molecule has 34 heavy (non-hydrogen) atoms. The van der Waals surface area contributed by atoms with Crippen LogP contribution in [0.1, 0.15) is 11.5 Å². The monoisotopic (exact) mass is 469 g/mol. The highest BCUT2D eigenvalue weighted by Crippen LogP contribution is 2.31. The molecule has 4 aromatic rings. The Balaban J connectivity index is 1.65. The highest BCUT2D eigenvalue weighted by molar-refractivity contribution is 5.59. The number of fused-ring (bicyclic) bond motifs is 1. The number of aromatic nitrogens is 5. The molecule has 0 aliphatic rings. The van der Waals surface area contributed by atoms with E-state index in [-0.39, 0.29) is 12.4 Å². The number of rotatable bonds is 5. The summed E-state index contributed by atoms with van der Waals surface area (Å²) in [5.41, 5.74) is -0.268. The van der Waals surface area contributed by atoms with Gasteiger partial charge < -0.3 is 14.0 Å². The lowest BCUT2D eigenvalue weighted by Crippen LogP contribution is -2.08. The van der Waals surface area contributed by atoms with E-state index in [1.165, 1.54) is 13.3 Å². The van der Waals surface area contributed by atoms with Crippen molar-refractivity contribution in [2.75, 3.05) is 7.11 Å². The Hall–Kier alpha value is -4.41. The van der Waals surface area contributed by atoms with Crippen molar-refractivity contribution < 1.29 is 27.2 Å². The summed E-state index contributed by atoms with van der Waals surface area (Å²) in [6.07, 6.45) is -1.53. The number of methoxy groups -OCH3 is 1. The summed E-state index contributed by atoms with van der Waals surface area (Å²) in [7, 11) is 1.53. The minimum Gasteiger partial charge on any atom is -0.497 e. The van der Waals surface area contributed by atoms with E-state index in [1.807, 2.05) is 0 Å². The van der Waals surface area contributed by atoms with Crippen LogP contribution in [0.4, 0.5) is 13.2 Å². The molecule has 0 unspecified atom stereocenters. The van der Waals surface area contributed by atoms with Crippen LogP contribution in [-0.4, -0.2) is 31.8 Å². The average Bonchev–Trinajstić information content (AvgIpc) is 3.45. The summed E-state index contributed by atoms with van der Waals surface area (Å²) >= 11 is 0. The van der Waals surface area contributed by atoms with E-state index in [1.54, 1.807) is 47.0 Å². The molecule has 174 valence electrons. The molecule has 0 fully saturated rings. The van der Waals surface area contributed by atoms with Crippen LogP contribution in [0.2, 0.25) is 0 Å². The van der Waals surface area contributed by atoms with Gasteiger partial charge in [-0.1, -0.05) is 18.3 Å². The fourth-order valence-electron chi connectivity index (χ4n) is 2.96. The minimum absolute atomic E-state index is 0.00468. The Morgan fingerprint density at radius 1 is 1.06 bits per heavy atom. The van der Waals surface area contributed by atoms with Gasteiger partial charge in [-0.25, -0.2) is 0 Å². The topological polar surface area (TPSA) is 87.6 Å². The summed E-state index contributed by atoms with van der Waals surface area (Å²) in [6, 6.07) is 10.7. The predicted octanol–water partition coefficient (Wildman–Crippen LogP) is 3.33. The summed E-state index contributed by atoms with van der Waals surface area (Å²) in [6.45, 7) is 7.81. The maximum absolute atomic E-state index is 12.9. The molecule has 0 atom stereocenters. The Morgan fingerprint density at radius 3 is 2.62 bits per heavy atom. The molecule has 8 nitrogen and oxygen atoms in total. The van der Waals surface area contributed by atoms with Crippen molar-refractivity contribution in [3.8, 4) is 22.8 Å². The Kier molecular flexibility index (Phi) is 6.17. The van der Waals surface area contributed by atoms with Crippen molar-refractivity contribution in [1.82, 2.24) is 24.7 Å². The fourth-order valence-corrected chi connectivity index (χ4v) is 2.96. The third-order valence-corrected chi connectivity index (χ3v) is 4.69. The smallest absolute Gasteiger partial charge is 0.436 e. The number of alkyl halides is 3. The Morgan fingerprint density at radius 2 is 1.88 bits per heavy atom. The first-order valence-electron chi connectivity index (χ1n) is 9.81. The van der Waals surface area contributed by atoms with Gasteiger partial charge in [-0.15, -0.1) is 10.2 Å². The van der Waals surface area contributed by atoms with Crippen LogP contribution in [0.5, 0.6) is 11.5 Å². The quantitative estimate of drug-likeness (QED) is 0.443. The lowest BCUT2D eigenvalue weighted by atomic mass is 10.2. The second-order valence-electron chi connectivity index (χ2n) is 7.03. The number of pyridine rings is 1. The van der Waals surface area contributed by atoms with Crippen LogP contribution < -0.4 is 20.0 Å². The minimum atomic E-state index is -4.60. The van der Waals surface area contributed by atoms with E-state index in [2.05, 4.69) is 33.5 Å². The third kappa shape index (κ3) is 4.98. The molecule has 0 spiro atoms. The average molecular weight is 469 g/mol. The number of hydrogen-bond donors (Lipinski definition) is 0. The molecule has 0 radical (unpaired) electrons. The number of nitrogens with zero attached hydrogens (tertiary/aromatic N) is 5. The van der Waals surface area contributed by atoms with Crippen molar-refractivity contribution in [2.24, 2.45) is 0 Å². The molecule has 0 aliphatic heterocycles. The van der Waals surface area contributed by atoms with Crippen LogP contribution >= 0.6 is 0 Å². The molecule has 0 N–H and O–H groups in total. The molecule has 0 amide bonds. The molecule has 4 aromatic heterocycles. The van der Waals surface area contributed by atoms with Gasteiger partial charge in [0.1, 0.15) is 18.1 Å². The first-order valence-corrected chi connectivity index (χ1v) is 9.81. The number of ether oxygens (including phenoxy) is 2. The second kappa shape index (κ2) is 9.22. The van der Waals surface area contributed by atoms with Crippen LogP contribution in [0.15, 0.2) is 59.4 Å². The lowest BCUT2D eigenvalue weighted by molar-refractivity contribution is -0.142. The van der Waals surface area contributed by atoms with Crippen molar-refractivity contribution >= 4 is 18.8 Å². The zero-order valence-corrected chi connectivity index (χ0v) is 17.9. The summed E-state index contributed by atoms with van der Waals surface area (Å²) in [4.78, 5) is 4.19. The second-order valence-corrected chi connectivity index (χ2v) is 7.03. The van der Waals surface area contributed by atoms with Crippen LogP contribution in [0, 0.1) is 0 Å². The first kappa shape index (κ1) is 22.8. The molecular weight excluding hydrogens is 451 g/mol. The fraction of sp³-hybridized carbons (Fsp3) is 0.130. The zero-order chi connectivity index (χ0) is 24.3. The maximum atomic E-state index is 12.9. The predicted molar refractivity (Wildman–Crippen MR) is 117 cm³/mol. The van der Waals surface area contributed by atoms with Gasteiger partial charge in [0.25, 0.3) is 0 Å². The van der Waals surface area contributed by atoms with Crippen molar-refractivity contribution in [2.45, 2.75) is 12.8 Å². The molecule has 11 heteroatoms. The highest BCUT2D eigenvalue weighted by Gasteiger charge is 2.35. The van der Waals surface area contributed by atoms with E-state index in [9.17, 15) is 13.2 Å². The number of hydrogen-bond acceptors (Lipinski definition) is 7. The highest BCUT2D eigenvalue weighted by atomic mass is 19.4. The summed E-state index contributed by atoms with van der Waals surface area (Å²) < 4.78 is 56.2. The molecule has 0 aliphatic carbocycles. The van der Waals surface area contributed by atoms with Gasteiger partial charge in [0.15, 0.2) is 22.9 Å². The van der Waals surface area contributed by atoms with E-state index < -0.39 is 11.9 Å². The molecule has 4 heterocycles. The van der Waals surface area contributed by atoms with Crippen LogP contribution in [-0.2, 0) is 12.8 Å². The molecule has 0 aromatic carbocycles. The molecule has 0 bridgehead atoms. The Bertz CT molecular complexity index is 1500. The van der Waals surface area contributed by atoms with Crippen molar-refractivity contribution in [1.29, 1.82) is 0 Å². The van der Waals surface area contributed by atoms with E-state index >= 15 is 0 Å². The maximum Gasteiger partial charge on any atom is 0.436 e. The van der Waals surface area contributed by atoms with Gasteiger partial charge in [0.2, 0.25) is 0 Å². The lowest BCUT2D eigenvalue weighted by Gasteiger charge is -2.05. The van der Waals surface area contributed by atoms with Crippen molar-refractivity contribution in [3.63, 3.8) is 0 Å². The van der Waals surface area contributed by atoms with Gasteiger partial charge in [-0.3, -0.25) is 9.38 Å². The zero-order valence-electron chi connectivity index (χ0n) is 17.9. The largest absolute Gasteiger partial charge is 0.497 e. The standard InChI is InChI=1S/C23H18F3N5O3/c1-14-4-6-17(32-3)10-15(2)27-9-8-18(14)33-13-22-29-28-21-7-5-16(12-31(21)22)19-11-20(30-34-19)23(24,25)26/h4-12H,1-2,13H2,3H3. The SMILES string of the molecule is C=c1cc(OC)ccc(=C)c(OCc2nnc3ccc(-c4cc(C(F)(F)F)no4)cn23)ccn1. The van der Waals surface area contributed by atoms with Crippen LogP contribution in [0.25, 0.3) is 30.1 Å². The van der Waals surface area contributed by atoms with E-state index in [0.29, 0.717) is 39.1 Å². The first-order chi connectivity index (χ1) is 16.2. The van der Waals surface area contributed by atoms with Crippen LogP contribution in [0.3, 0.4) is 0 Å². The normalized spacial score (nSPS) is 11.3. The Labute approximate surface area is 190 Å². The van der Waals surface area contributed by atoms with Gasteiger partial charge >= 0.3 is 6.18 Å². The van der Waals surface area contributed by atoms with Gasteiger partial charge in [-0.2, -0.15) is 13.2 Å². The van der Waals surface area contributed by atoms with Gasteiger partial charge in [0, 0.05) is 35.3 Å². The van der Waals surface area contributed by atoms with Crippen molar-refractivity contribution in [3.05, 3.63) is 76.9 Å². The molecule has 4 rings (SSSR count).